The summed E-state index contributed by atoms with van der Waals surface area (Å²) in [4.78, 5) is 11.4. The molecule has 1 aliphatic heterocycles. The van der Waals surface area contributed by atoms with Crippen molar-refractivity contribution >= 4 is 16.0 Å². The van der Waals surface area contributed by atoms with Gasteiger partial charge in [-0.05, 0) is 32.0 Å². The molecule has 6 nitrogen and oxygen atoms in total. The molecule has 8 heteroatoms. The molecule has 0 aromatic heterocycles. The Bertz CT molecular complexity index is 677. The summed E-state index contributed by atoms with van der Waals surface area (Å²) in [5.41, 5.74) is -0.165. The van der Waals surface area contributed by atoms with Crippen molar-refractivity contribution in [1.82, 2.24) is 9.62 Å². The topological polar surface area (TPSA) is 75.7 Å². The SMILES string of the molecule is COC(=O)c1ccc(F)cc1S(=O)(=O)N1CCNC(C)C1C. The summed E-state index contributed by atoms with van der Waals surface area (Å²) in [7, 11) is -2.85. The van der Waals surface area contributed by atoms with E-state index in [-0.39, 0.29) is 29.1 Å². The van der Waals surface area contributed by atoms with E-state index in [1.807, 2.05) is 6.92 Å². The maximum absolute atomic E-state index is 13.5. The van der Waals surface area contributed by atoms with Gasteiger partial charge in [-0.25, -0.2) is 17.6 Å². The standard InChI is InChI=1S/C14H19FN2O4S/c1-9-10(2)17(7-6-16-9)22(19,20)13-8-11(15)4-5-12(13)14(18)21-3/h4-5,8-10,16H,6-7H2,1-3H3. The van der Waals surface area contributed by atoms with Crippen molar-refractivity contribution in [2.45, 2.75) is 30.8 Å². The molecule has 1 aliphatic rings. The van der Waals surface area contributed by atoms with E-state index in [9.17, 15) is 17.6 Å². The van der Waals surface area contributed by atoms with Gasteiger partial charge in [-0.15, -0.1) is 0 Å². The number of methoxy groups -OCH3 is 1. The molecule has 1 saturated heterocycles. The van der Waals surface area contributed by atoms with Gasteiger partial charge in [0.25, 0.3) is 0 Å². The highest BCUT2D eigenvalue weighted by atomic mass is 32.2. The average molecular weight is 330 g/mol. The predicted molar refractivity (Wildman–Crippen MR) is 78.6 cm³/mol. The van der Waals surface area contributed by atoms with Crippen LogP contribution in [0.25, 0.3) is 0 Å². The Hall–Kier alpha value is -1.51. The van der Waals surface area contributed by atoms with E-state index in [0.29, 0.717) is 6.54 Å². The van der Waals surface area contributed by atoms with Crippen LogP contribution in [0.2, 0.25) is 0 Å². The summed E-state index contributed by atoms with van der Waals surface area (Å²) in [6.45, 7) is 4.39. The van der Waals surface area contributed by atoms with Crippen molar-refractivity contribution < 1.29 is 22.3 Å². The van der Waals surface area contributed by atoms with Crippen LogP contribution in [-0.2, 0) is 14.8 Å². The molecular weight excluding hydrogens is 311 g/mol. The first-order chi connectivity index (χ1) is 10.3. The number of carbonyl (C=O) groups excluding carboxylic acids is 1. The number of nitrogens with zero attached hydrogens (tertiary/aromatic N) is 1. The minimum absolute atomic E-state index is 0.0429. The predicted octanol–water partition coefficient (Wildman–Crippen LogP) is 0.983. The first kappa shape index (κ1) is 16.9. The first-order valence-electron chi connectivity index (χ1n) is 6.92. The molecule has 0 saturated carbocycles. The number of sulfonamides is 1. The van der Waals surface area contributed by atoms with Gasteiger partial charge in [0, 0.05) is 25.2 Å². The molecule has 1 N–H and O–H groups in total. The van der Waals surface area contributed by atoms with Crippen LogP contribution >= 0.6 is 0 Å². The number of halogens is 1. The number of nitrogens with one attached hydrogen (secondary N) is 1. The van der Waals surface area contributed by atoms with Crippen LogP contribution in [0, 0.1) is 5.82 Å². The van der Waals surface area contributed by atoms with Gasteiger partial charge in [0.05, 0.1) is 17.6 Å². The molecule has 1 aromatic carbocycles. The molecule has 2 atom stereocenters. The molecule has 0 aliphatic carbocycles. The summed E-state index contributed by atoms with van der Waals surface area (Å²) in [5.74, 6) is -1.53. The van der Waals surface area contributed by atoms with E-state index >= 15 is 0 Å². The van der Waals surface area contributed by atoms with Gasteiger partial charge in [-0.3, -0.25) is 0 Å². The van der Waals surface area contributed by atoms with Crippen LogP contribution in [0.15, 0.2) is 23.1 Å². The average Bonchev–Trinajstić information content (AvgIpc) is 2.49. The van der Waals surface area contributed by atoms with E-state index in [1.54, 1.807) is 6.92 Å². The Morgan fingerprint density at radius 3 is 2.73 bits per heavy atom. The van der Waals surface area contributed by atoms with Gasteiger partial charge in [-0.2, -0.15) is 4.31 Å². The van der Waals surface area contributed by atoms with Crippen molar-refractivity contribution in [3.05, 3.63) is 29.6 Å². The fourth-order valence-corrected chi connectivity index (χ4v) is 4.38. The van der Waals surface area contributed by atoms with Crippen LogP contribution < -0.4 is 5.32 Å². The Kier molecular flexibility index (Phi) is 4.84. The van der Waals surface area contributed by atoms with Gasteiger partial charge in [0.2, 0.25) is 10.0 Å². The molecule has 2 unspecified atom stereocenters. The molecule has 0 radical (unpaired) electrons. The lowest BCUT2D eigenvalue weighted by Crippen LogP contribution is -2.57. The quantitative estimate of drug-likeness (QED) is 0.836. The van der Waals surface area contributed by atoms with Gasteiger partial charge in [0.1, 0.15) is 5.82 Å². The van der Waals surface area contributed by atoms with E-state index in [4.69, 9.17) is 0 Å². The molecule has 1 aromatic rings. The molecule has 0 bridgehead atoms. The molecular formula is C14H19FN2O4S. The highest BCUT2D eigenvalue weighted by Crippen LogP contribution is 2.25. The molecule has 0 spiro atoms. The summed E-state index contributed by atoms with van der Waals surface area (Å²) >= 11 is 0. The number of carbonyl (C=O) groups is 1. The van der Waals surface area contributed by atoms with E-state index < -0.39 is 21.8 Å². The van der Waals surface area contributed by atoms with Gasteiger partial charge >= 0.3 is 5.97 Å². The number of hydrogen-bond acceptors (Lipinski definition) is 5. The second-order valence-electron chi connectivity index (χ2n) is 5.23. The summed E-state index contributed by atoms with van der Waals surface area (Å²) in [6.07, 6.45) is 0. The van der Waals surface area contributed by atoms with Crippen LogP contribution in [-0.4, -0.2) is 51.0 Å². The fourth-order valence-electron chi connectivity index (χ4n) is 2.48. The molecule has 1 heterocycles. The number of piperazine rings is 1. The maximum Gasteiger partial charge on any atom is 0.339 e. The third-order valence-corrected chi connectivity index (χ3v) is 5.94. The Morgan fingerprint density at radius 1 is 1.41 bits per heavy atom. The van der Waals surface area contributed by atoms with Crippen LogP contribution in [0.4, 0.5) is 4.39 Å². The lowest BCUT2D eigenvalue weighted by molar-refractivity contribution is 0.0596. The third kappa shape index (κ3) is 2.99. The lowest BCUT2D eigenvalue weighted by Gasteiger charge is -2.37. The Morgan fingerprint density at radius 2 is 2.09 bits per heavy atom. The number of ether oxygens (including phenoxy) is 1. The van der Waals surface area contributed by atoms with Crippen molar-refractivity contribution in [3.8, 4) is 0 Å². The third-order valence-electron chi connectivity index (χ3n) is 3.91. The van der Waals surface area contributed by atoms with Crippen molar-refractivity contribution in [3.63, 3.8) is 0 Å². The lowest BCUT2D eigenvalue weighted by atomic mass is 10.1. The van der Waals surface area contributed by atoms with Gasteiger partial charge < -0.3 is 10.1 Å². The van der Waals surface area contributed by atoms with Crippen molar-refractivity contribution in [2.75, 3.05) is 20.2 Å². The zero-order chi connectivity index (χ0) is 16.5. The zero-order valence-corrected chi connectivity index (χ0v) is 13.5. The van der Waals surface area contributed by atoms with E-state index in [0.717, 1.165) is 25.3 Å². The number of rotatable bonds is 3. The largest absolute Gasteiger partial charge is 0.465 e. The molecule has 2 rings (SSSR count). The van der Waals surface area contributed by atoms with Crippen LogP contribution in [0.1, 0.15) is 24.2 Å². The fraction of sp³-hybridized carbons (Fsp3) is 0.500. The molecule has 0 amide bonds. The normalized spacial score (nSPS) is 23.3. The molecule has 1 fully saturated rings. The van der Waals surface area contributed by atoms with Crippen LogP contribution in [0.3, 0.4) is 0 Å². The van der Waals surface area contributed by atoms with E-state index in [2.05, 4.69) is 10.1 Å². The summed E-state index contributed by atoms with van der Waals surface area (Å²) in [5, 5.41) is 3.17. The minimum Gasteiger partial charge on any atom is -0.465 e. The number of esters is 1. The van der Waals surface area contributed by atoms with Gasteiger partial charge in [0.15, 0.2) is 0 Å². The summed E-state index contributed by atoms with van der Waals surface area (Å²) < 4.78 is 45.1. The first-order valence-corrected chi connectivity index (χ1v) is 8.36. The molecule has 22 heavy (non-hydrogen) atoms. The van der Waals surface area contributed by atoms with E-state index in [1.165, 1.54) is 4.31 Å². The second-order valence-corrected chi connectivity index (χ2v) is 7.09. The number of hydrogen-bond donors (Lipinski definition) is 1. The van der Waals surface area contributed by atoms with Crippen LogP contribution in [0.5, 0.6) is 0 Å². The summed E-state index contributed by atoms with van der Waals surface area (Å²) in [6, 6.07) is 2.67. The highest BCUT2D eigenvalue weighted by Gasteiger charge is 2.36. The number of benzene rings is 1. The monoisotopic (exact) mass is 330 g/mol. The smallest absolute Gasteiger partial charge is 0.339 e. The molecule has 122 valence electrons. The Labute approximate surface area is 129 Å². The second kappa shape index (κ2) is 6.31. The van der Waals surface area contributed by atoms with Crippen molar-refractivity contribution in [2.24, 2.45) is 0 Å². The van der Waals surface area contributed by atoms with Crippen molar-refractivity contribution in [1.29, 1.82) is 0 Å². The Balaban J connectivity index is 2.53. The zero-order valence-electron chi connectivity index (χ0n) is 12.7. The maximum atomic E-state index is 13.5. The van der Waals surface area contributed by atoms with Gasteiger partial charge in [-0.1, -0.05) is 0 Å². The minimum atomic E-state index is -4.00. The highest BCUT2D eigenvalue weighted by molar-refractivity contribution is 7.89.